The van der Waals surface area contributed by atoms with Crippen LogP contribution < -0.4 is 4.57 Å². The lowest BCUT2D eigenvalue weighted by Crippen LogP contribution is -2.37. The van der Waals surface area contributed by atoms with Crippen molar-refractivity contribution in [1.29, 1.82) is 0 Å². The van der Waals surface area contributed by atoms with E-state index in [0.717, 1.165) is 0 Å². The minimum atomic E-state index is 1.23. The third-order valence-electron chi connectivity index (χ3n) is 9.35. The molecule has 1 heterocycles. The molecule has 1 aromatic heterocycles. The van der Waals surface area contributed by atoms with Crippen LogP contribution in [0.25, 0.3) is 0 Å². The van der Waals surface area contributed by atoms with Crippen LogP contribution >= 0.6 is 0 Å². The molecule has 2 nitrogen and oxygen atoms in total. The van der Waals surface area contributed by atoms with Gasteiger partial charge >= 0.3 is 0 Å². The number of nitrogens with zero attached hydrogens (tertiary/aromatic N) is 2. The van der Waals surface area contributed by atoms with Gasteiger partial charge in [-0.1, -0.05) is 181 Å². The van der Waals surface area contributed by atoms with Crippen molar-refractivity contribution in [2.24, 2.45) is 0 Å². The molecule has 0 fully saturated rings. The zero-order chi connectivity index (χ0) is 29.5. The molecule has 0 saturated carbocycles. The first kappa shape index (κ1) is 38.2. The van der Waals surface area contributed by atoms with Gasteiger partial charge in [-0.3, -0.25) is 0 Å². The second kappa shape index (κ2) is 30.7. The molecule has 0 radical (unpaired) electrons. The van der Waals surface area contributed by atoms with E-state index < -0.39 is 0 Å². The Morgan fingerprint density at radius 2 is 0.756 bits per heavy atom. The summed E-state index contributed by atoms with van der Waals surface area (Å²) in [6.07, 6.45) is 48.9. The fraction of sp³-hybridized carbons (Fsp3) is 0.923. The molecule has 0 aliphatic carbocycles. The Labute approximate surface area is 259 Å². The summed E-state index contributed by atoms with van der Waals surface area (Å²) >= 11 is 0. The maximum atomic E-state index is 2.63. The molecule has 0 aliphatic heterocycles. The van der Waals surface area contributed by atoms with Gasteiger partial charge in [-0.15, -0.1) is 0 Å². The van der Waals surface area contributed by atoms with Crippen LogP contribution in [0.4, 0.5) is 0 Å². The van der Waals surface area contributed by atoms with Gasteiger partial charge < -0.3 is 0 Å². The lowest BCUT2D eigenvalue weighted by atomic mass is 10.0. The van der Waals surface area contributed by atoms with E-state index in [1.165, 1.54) is 212 Å². The zero-order valence-corrected chi connectivity index (χ0v) is 28.9. The lowest BCUT2D eigenvalue weighted by molar-refractivity contribution is -0.704. The smallest absolute Gasteiger partial charge is 0.234 e. The van der Waals surface area contributed by atoms with Crippen molar-refractivity contribution in [3.63, 3.8) is 0 Å². The first-order valence-electron chi connectivity index (χ1n) is 19.4. The summed E-state index contributed by atoms with van der Waals surface area (Å²) in [4.78, 5) is 0. The Morgan fingerprint density at radius 3 is 1.17 bits per heavy atom. The molecule has 1 aromatic rings. The number of hydrogen-bond donors (Lipinski definition) is 0. The van der Waals surface area contributed by atoms with Crippen LogP contribution in [0.15, 0.2) is 12.4 Å². The summed E-state index contributed by atoms with van der Waals surface area (Å²) < 4.78 is 5.26. The predicted molar refractivity (Wildman–Crippen MR) is 184 cm³/mol. The monoisotopic (exact) mass is 574 g/mol. The van der Waals surface area contributed by atoms with Crippen molar-refractivity contribution in [3.05, 3.63) is 18.2 Å². The summed E-state index contributed by atoms with van der Waals surface area (Å²) in [5.74, 6) is 1.62. The van der Waals surface area contributed by atoms with E-state index in [0.29, 0.717) is 0 Å². The van der Waals surface area contributed by atoms with E-state index in [1.807, 2.05) is 0 Å². The Kier molecular flexibility index (Phi) is 28.6. The molecule has 2 heteroatoms. The van der Waals surface area contributed by atoms with Gasteiger partial charge in [0.2, 0.25) is 0 Å². The highest BCUT2D eigenvalue weighted by atomic mass is 15.1. The van der Waals surface area contributed by atoms with E-state index in [-0.39, 0.29) is 0 Å². The van der Waals surface area contributed by atoms with Crippen LogP contribution in [-0.4, -0.2) is 4.57 Å². The Hall–Kier alpha value is -0.790. The maximum absolute atomic E-state index is 2.63. The number of imidazole rings is 1. The van der Waals surface area contributed by atoms with Crippen molar-refractivity contribution in [2.75, 3.05) is 0 Å². The van der Waals surface area contributed by atoms with Crippen LogP contribution in [0.1, 0.15) is 219 Å². The standard InChI is InChI=1S/C39H77N2/c1-4-7-10-13-16-18-20-21-22-24-27-30-33-36-41-38-37-40(39(41)34-31-28-25-15-12-9-6-3)35-32-29-26-23-19-17-14-11-8-5-2/h37-38H,4-36H2,1-3H3/q+1. The maximum Gasteiger partial charge on any atom is 0.256 e. The molecule has 0 bridgehead atoms. The molecule has 0 spiro atoms. The number of aromatic nitrogens is 2. The molecular weight excluding hydrogens is 496 g/mol. The van der Waals surface area contributed by atoms with Gasteiger partial charge in [0.25, 0.3) is 5.82 Å². The van der Waals surface area contributed by atoms with Gasteiger partial charge in [-0.2, -0.15) is 0 Å². The quantitative estimate of drug-likeness (QED) is 0.0584. The number of unbranched alkanes of at least 4 members (excludes halogenated alkanes) is 27. The second-order valence-electron chi connectivity index (χ2n) is 13.4. The molecule has 0 saturated heterocycles. The summed E-state index contributed by atoms with van der Waals surface area (Å²) in [6.45, 7) is 9.40. The first-order valence-corrected chi connectivity index (χ1v) is 19.4. The zero-order valence-electron chi connectivity index (χ0n) is 28.9. The van der Waals surface area contributed by atoms with Crippen LogP contribution in [0.3, 0.4) is 0 Å². The SMILES string of the molecule is CCCCCCCCCCCCCCC[n+]1ccn(CCCCCCCCCCCC)c1CCCCCCCCC. The molecule has 0 aliphatic rings. The number of hydrogen-bond acceptors (Lipinski definition) is 0. The highest BCUT2D eigenvalue weighted by Gasteiger charge is 2.16. The Bertz CT molecular complexity index is 634. The van der Waals surface area contributed by atoms with E-state index >= 15 is 0 Å². The molecule has 0 N–H and O–H groups in total. The van der Waals surface area contributed by atoms with E-state index in [2.05, 4.69) is 42.3 Å². The highest BCUT2D eigenvalue weighted by molar-refractivity contribution is 4.84. The van der Waals surface area contributed by atoms with Crippen LogP contribution in [0, 0.1) is 0 Å². The van der Waals surface area contributed by atoms with Gasteiger partial charge in [0, 0.05) is 6.42 Å². The topological polar surface area (TPSA) is 8.81 Å². The van der Waals surface area contributed by atoms with Crippen molar-refractivity contribution in [1.82, 2.24) is 4.57 Å². The van der Waals surface area contributed by atoms with Gasteiger partial charge in [0.1, 0.15) is 12.4 Å². The highest BCUT2D eigenvalue weighted by Crippen LogP contribution is 2.15. The van der Waals surface area contributed by atoms with Gasteiger partial charge in [-0.25, -0.2) is 9.13 Å². The lowest BCUT2D eigenvalue weighted by Gasteiger charge is -2.07. The average molecular weight is 574 g/mol. The van der Waals surface area contributed by atoms with E-state index in [1.54, 1.807) is 5.82 Å². The molecule has 41 heavy (non-hydrogen) atoms. The van der Waals surface area contributed by atoms with Gasteiger partial charge in [0.15, 0.2) is 0 Å². The first-order chi connectivity index (χ1) is 20.3. The number of rotatable bonds is 33. The summed E-state index contributed by atoms with van der Waals surface area (Å²) in [7, 11) is 0. The third kappa shape index (κ3) is 23.4. The molecule has 0 amide bonds. The predicted octanol–water partition coefficient (Wildman–Crippen LogP) is 13.1. The molecule has 1 rings (SSSR count). The minimum absolute atomic E-state index is 1.23. The summed E-state index contributed by atoms with van der Waals surface area (Å²) in [6, 6.07) is 0. The molecule has 0 aromatic carbocycles. The third-order valence-corrected chi connectivity index (χ3v) is 9.35. The van der Waals surface area contributed by atoms with E-state index in [9.17, 15) is 0 Å². The normalized spacial score (nSPS) is 11.6. The largest absolute Gasteiger partial charge is 0.256 e. The fourth-order valence-corrected chi connectivity index (χ4v) is 6.50. The van der Waals surface area contributed by atoms with Crippen LogP contribution in [0.2, 0.25) is 0 Å². The molecular formula is C39H77N2+. The summed E-state index contributed by atoms with van der Waals surface area (Å²) in [5.41, 5.74) is 0. The van der Waals surface area contributed by atoms with Crippen molar-refractivity contribution in [3.8, 4) is 0 Å². The summed E-state index contributed by atoms with van der Waals surface area (Å²) in [5, 5.41) is 0. The molecule has 0 atom stereocenters. The van der Waals surface area contributed by atoms with Gasteiger partial charge in [-0.05, 0) is 32.1 Å². The van der Waals surface area contributed by atoms with E-state index in [4.69, 9.17) is 0 Å². The van der Waals surface area contributed by atoms with Crippen LogP contribution in [0.5, 0.6) is 0 Å². The average Bonchev–Trinajstić information content (AvgIpc) is 3.37. The molecule has 0 unspecified atom stereocenters. The Balaban J connectivity index is 2.27. The van der Waals surface area contributed by atoms with Crippen LogP contribution in [-0.2, 0) is 19.5 Å². The second-order valence-corrected chi connectivity index (χ2v) is 13.4. The minimum Gasteiger partial charge on any atom is -0.234 e. The molecule has 242 valence electrons. The van der Waals surface area contributed by atoms with Crippen molar-refractivity contribution in [2.45, 2.75) is 233 Å². The Morgan fingerprint density at radius 1 is 0.415 bits per heavy atom. The number of aryl methyl sites for hydroxylation is 2. The fourth-order valence-electron chi connectivity index (χ4n) is 6.50. The van der Waals surface area contributed by atoms with Crippen molar-refractivity contribution < 1.29 is 4.57 Å². The van der Waals surface area contributed by atoms with Crippen molar-refractivity contribution >= 4 is 0 Å². The van der Waals surface area contributed by atoms with Gasteiger partial charge in [0.05, 0.1) is 13.1 Å².